The Labute approximate surface area is 123 Å². The van der Waals surface area contributed by atoms with Crippen molar-refractivity contribution in [2.45, 2.75) is 20.8 Å². The third kappa shape index (κ3) is 3.54. The largest absolute Gasteiger partial charge is 0.274 e. The van der Waals surface area contributed by atoms with Crippen LogP contribution in [-0.4, -0.2) is 11.6 Å². The van der Waals surface area contributed by atoms with Crippen LogP contribution in [0.15, 0.2) is 47.6 Å². The van der Waals surface area contributed by atoms with Crippen LogP contribution in [0.3, 0.4) is 0 Å². The normalized spacial score (nSPS) is 11.3. The Morgan fingerprint density at radius 3 is 2.48 bits per heavy atom. The number of hydrogen-bond donors (Lipinski definition) is 1. The second-order valence-corrected chi connectivity index (χ2v) is 4.94. The van der Waals surface area contributed by atoms with Crippen LogP contribution >= 0.6 is 0 Å². The fourth-order valence-electron chi connectivity index (χ4n) is 2.12. The van der Waals surface area contributed by atoms with Crippen molar-refractivity contribution in [3.05, 3.63) is 70.5 Å². The molecule has 0 aliphatic rings. The molecule has 0 spiro atoms. The molecule has 0 atom stereocenters. The second-order valence-electron chi connectivity index (χ2n) is 4.94. The molecular weight excluding hydrogens is 267 g/mol. The van der Waals surface area contributed by atoms with Crippen LogP contribution in [0.5, 0.6) is 0 Å². The van der Waals surface area contributed by atoms with E-state index in [1.807, 2.05) is 32.0 Å². The Kier molecular flexibility index (Phi) is 4.48. The molecule has 0 bridgehead atoms. The van der Waals surface area contributed by atoms with Gasteiger partial charge in [-0.25, -0.2) is 9.82 Å². The van der Waals surface area contributed by atoms with Crippen molar-refractivity contribution in [3.63, 3.8) is 0 Å². The van der Waals surface area contributed by atoms with Gasteiger partial charge in [-0.05, 0) is 38.5 Å². The smallest absolute Gasteiger partial charge is 0.267 e. The first-order chi connectivity index (χ1) is 9.99. The van der Waals surface area contributed by atoms with Gasteiger partial charge in [0.1, 0.15) is 5.82 Å². The molecule has 1 amide bonds. The molecule has 108 valence electrons. The van der Waals surface area contributed by atoms with Gasteiger partial charge in [-0.3, -0.25) is 4.79 Å². The maximum absolute atomic E-state index is 13.5. The predicted octanol–water partition coefficient (Wildman–Crippen LogP) is 3.60. The Bertz CT molecular complexity index is 708. The van der Waals surface area contributed by atoms with E-state index in [0.29, 0.717) is 5.71 Å². The van der Waals surface area contributed by atoms with E-state index in [4.69, 9.17) is 0 Å². The topological polar surface area (TPSA) is 41.5 Å². The first-order valence-corrected chi connectivity index (χ1v) is 6.66. The maximum Gasteiger partial charge on any atom is 0.274 e. The van der Waals surface area contributed by atoms with Gasteiger partial charge in [0.25, 0.3) is 5.91 Å². The average molecular weight is 284 g/mol. The number of halogens is 1. The minimum absolute atomic E-state index is 0.0188. The molecule has 0 aromatic heterocycles. The summed E-state index contributed by atoms with van der Waals surface area (Å²) in [6.45, 7) is 5.81. The Morgan fingerprint density at radius 2 is 1.81 bits per heavy atom. The molecule has 0 saturated carbocycles. The molecule has 2 aromatic carbocycles. The Balaban J connectivity index is 2.17. The molecule has 0 aliphatic carbocycles. The quantitative estimate of drug-likeness (QED) is 0.679. The van der Waals surface area contributed by atoms with Crippen molar-refractivity contribution in [2.75, 3.05) is 0 Å². The van der Waals surface area contributed by atoms with Crippen LogP contribution < -0.4 is 5.43 Å². The second kappa shape index (κ2) is 6.31. The van der Waals surface area contributed by atoms with Gasteiger partial charge in [-0.15, -0.1) is 0 Å². The summed E-state index contributed by atoms with van der Waals surface area (Å²) in [6, 6.07) is 11.8. The van der Waals surface area contributed by atoms with Gasteiger partial charge in [0.15, 0.2) is 0 Å². The maximum atomic E-state index is 13.5. The van der Waals surface area contributed by atoms with E-state index < -0.39 is 11.7 Å². The molecule has 21 heavy (non-hydrogen) atoms. The van der Waals surface area contributed by atoms with Crippen LogP contribution in [0.25, 0.3) is 0 Å². The average Bonchev–Trinajstić information content (AvgIpc) is 2.45. The van der Waals surface area contributed by atoms with E-state index in [1.165, 1.54) is 23.8 Å². The molecule has 3 nitrogen and oxygen atoms in total. The number of carbonyl (C=O) groups is 1. The summed E-state index contributed by atoms with van der Waals surface area (Å²) in [7, 11) is 0. The highest BCUT2D eigenvalue weighted by Crippen LogP contribution is 2.12. The highest BCUT2D eigenvalue weighted by atomic mass is 19.1. The van der Waals surface area contributed by atoms with E-state index in [2.05, 4.69) is 10.5 Å². The molecule has 0 saturated heterocycles. The van der Waals surface area contributed by atoms with E-state index in [1.54, 1.807) is 13.0 Å². The van der Waals surface area contributed by atoms with Gasteiger partial charge in [-0.1, -0.05) is 35.9 Å². The molecule has 0 unspecified atom stereocenters. The molecular formula is C17H17FN2O. The third-order valence-corrected chi connectivity index (χ3v) is 3.22. The van der Waals surface area contributed by atoms with Gasteiger partial charge in [0.05, 0.1) is 11.3 Å². The minimum atomic E-state index is -0.561. The standard InChI is InChI=1S/C17H17FN2O/c1-11-8-9-14(12(2)10-11)13(3)19-20-17(21)15-6-4-5-7-16(15)18/h4-10H,1-3H3,(H,20,21)/b19-13+. The number of rotatable bonds is 3. The molecule has 0 fully saturated rings. The lowest BCUT2D eigenvalue weighted by molar-refractivity contribution is 0.0951. The summed E-state index contributed by atoms with van der Waals surface area (Å²) in [6.07, 6.45) is 0. The monoisotopic (exact) mass is 284 g/mol. The van der Waals surface area contributed by atoms with Crippen molar-refractivity contribution >= 4 is 11.6 Å². The molecule has 0 radical (unpaired) electrons. The first-order valence-electron chi connectivity index (χ1n) is 6.66. The summed E-state index contributed by atoms with van der Waals surface area (Å²) in [5.74, 6) is -1.12. The lowest BCUT2D eigenvalue weighted by atomic mass is 10.0. The van der Waals surface area contributed by atoms with Gasteiger partial charge >= 0.3 is 0 Å². The first kappa shape index (κ1) is 14.9. The molecule has 0 heterocycles. The van der Waals surface area contributed by atoms with Crippen molar-refractivity contribution < 1.29 is 9.18 Å². The van der Waals surface area contributed by atoms with E-state index in [0.717, 1.165) is 11.1 Å². The summed E-state index contributed by atoms with van der Waals surface area (Å²) >= 11 is 0. The summed E-state index contributed by atoms with van der Waals surface area (Å²) < 4.78 is 13.5. The SMILES string of the molecule is C/C(=N\NC(=O)c1ccccc1F)c1ccc(C)cc1C. The Hall–Kier alpha value is -2.49. The molecule has 1 N–H and O–H groups in total. The molecule has 4 heteroatoms. The van der Waals surface area contributed by atoms with Gasteiger partial charge in [0.2, 0.25) is 0 Å². The molecule has 2 aromatic rings. The van der Waals surface area contributed by atoms with E-state index in [-0.39, 0.29) is 5.56 Å². The fourth-order valence-corrected chi connectivity index (χ4v) is 2.12. The van der Waals surface area contributed by atoms with Crippen LogP contribution in [-0.2, 0) is 0 Å². The summed E-state index contributed by atoms with van der Waals surface area (Å²) in [5, 5.41) is 4.05. The van der Waals surface area contributed by atoms with Gasteiger partial charge in [-0.2, -0.15) is 5.10 Å². The summed E-state index contributed by atoms with van der Waals surface area (Å²) in [4.78, 5) is 11.9. The number of nitrogens with zero attached hydrogens (tertiary/aromatic N) is 1. The van der Waals surface area contributed by atoms with Crippen LogP contribution in [0.4, 0.5) is 4.39 Å². The van der Waals surface area contributed by atoms with Crippen molar-refractivity contribution in [1.82, 2.24) is 5.43 Å². The summed E-state index contributed by atoms with van der Waals surface area (Å²) in [5.41, 5.74) is 6.25. The van der Waals surface area contributed by atoms with Gasteiger partial charge < -0.3 is 0 Å². The predicted molar refractivity (Wildman–Crippen MR) is 82.0 cm³/mol. The Morgan fingerprint density at radius 1 is 1.10 bits per heavy atom. The number of hydrogen-bond acceptors (Lipinski definition) is 2. The van der Waals surface area contributed by atoms with E-state index >= 15 is 0 Å². The highest BCUT2D eigenvalue weighted by molar-refractivity contribution is 6.01. The van der Waals surface area contributed by atoms with Crippen molar-refractivity contribution in [1.29, 1.82) is 0 Å². The minimum Gasteiger partial charge on any atom is -0.267 e. The number of aryl methyl sites for hydroxylation is 2. The lowest BCUT2D eigenvalue weighted by Crippen LogP contribution is -2.20. The van der Waals surface area contributed by atoms with Crippen molar-refractivity contribution in [3.8, 4) is 0 Å². The molecule has 0 aliphatic heterocycles. The zero-order chi connectivity index (χ0) is 15.4. The van der Waals surface area contributed by atoms with Crippen LogP contribution in [0.1, 0.15) is 34.0 Å². The van der Waals surface area contributed by atoms with Crippen LogP contribution in [0.2, 0.25) is 0 Å². The zero-order valence-electron chi connectivity index (χ0n) is 12.3. The lowest BCUT2D eigenvalue weighted by Gasteiger charge is -2.07. The van der Waals surface area contributed by atoms with Gasteiger partial charge in [0, 0.05) is 5.56 Å². The highest BCUT2D eigenvalue weighted by Gasteiger charge is 2.10. The fraction of sp³-hybridized carbons (Fsp3) is 0.176. The van der Waals surface area contributed by atoms with Crippen LogP contribution in [0, 0.1) is 19.7 Å². The number of hydrazone groups is 1. The zero-order valence-corrected chi connectivity index (χ0v) is 12.3. The third-order valence-electron chi connectivity index (χ3n) is 3.22. The number of carbonyl (C=O) groups excluding carboxylic acids is 1. The van der Waals surface area contributed by atoms with Crippen molar-refractivity contribution in [2.24, 2.45) is 5.10 Å². The number of nitrogens with one attached hydrogen (secondary N) is 1. The van der Waals surface area contributed by atoms with E-state index in [9.17, 15) is 9.18 Å². The number of amides is 1. The number of benzene rings is 2. The molecule has 2 rings (SSSR count).